The molecule has 0 saturated heterocycles. The fraction of sp³-hybridized carbons (Fsp3) is 0.333. The van der Waals surface area contributed by atoms with E-state index in [0.29, 0.717) is 16.3 Å². The van der Waals surface area contributed by atoms with Gasteiger partial charge in [-0.15, -0.1) is 0 Å². The summed E-state index contributed by atoms with van der Waals surface area (Å²) in [6.07, 6.45) is -0.416. The Labute approximate surface area is 203 Å². The summed E-state index contributed by atoms with van der Waals surface area (Å²) in [6.45, 7) is 4.78. The summed E-state index contributed by atoms with van der Waals surface area (Å²) in [5.74, 6) is -2.02. The number of esters is 1. The molecule has 2 aromatic carbocycles. The van der Waals surface area contributed by atoms with Gasteiger partial charge in [0, 0.05) is 12.4 Å². The number of ether oxygens (including phenoxy) is 1. The van der Waals surface area contributed by atoms with Crippen molar-refractivity contribution in [1.82, 2.24) is 9.88 Å². The van der Waals surface area contributed by atoms with E-state index in [-0.39, 0.29) is 4.90 Å². The monoisotopic (exact) mass is 506 g/mol. The average molecular weight is 507 g/mol. The fourth-order valence-corrected chi connectivity index (χ4v) is 5.07. The third-order valence-corrected chi connectivity index (χ3v) is 7.21. The number of fused-ring (bicyclic) bond motifs is 1. The van der Waals surface area contributed by atoms with Crippen molar-refractivity contribution in [2.45, 2.75) is 37.8 Å². The number of hydrogen-bond donors (Lipinski definition) is 2. The van der Waals surface area contributed by atoms with E-state index in [1.807, 2.05) is 19.1 Å². The van der Waals surface area contributed by atoms with Crippen molar-refractivity contribution in [2.75, 3.05) is 12.4 Å². The van der Waals surface area contributed by atoms with Gasteiger partial charge in [0.2, 0.25) is 0 Å². The summed E-state index contributed by atoms with van der Waals surface area (Å²) in [5.41, 5.74) is 2.64. The molecule has 2 N–H and O–H groups in total. The van der Waals surface area contributed by atoms with Gasteiger partial charge >= 0.3 is 5.97 Å². The molecule has 3 rings (SSSR count). The second-order valence-electron chi connectivity index (χ2n) is 8.34. The number of benzene rings is 2. The summed E-state index contributed by atoms with van der Waals surface area (Å²) in [6, 6.07) is 10.3. The second kappa shape index (κ2) is 10.2. The Balaban J connectivity index is 1.79. The number of aryl methyl sites for hydroxylation is 2. The van der Waals surface area contributed by atoms with Crippen molar-refractivity contribution in [2.24, 2.45) is 7.05 Å². The molecule has 0 fully saturated rings. The predicted octanol–water partition coefficient (Wildman–Crippen LogP) is 3.33. The van der Waals surface area contributed by atoms with Gasteiger partial charge in [-0.2, -0.15) is 0 Å². The van der Waals surface area contributed by atoms with Crippen molar-refractivity contribution >= 4 is 44.2 Å². The Kier molecular flexibility index (Phi) is 7.70. The molecule has 0 aliphatic rings. The zero-order chi connectivity index (χ0) is 25.2. The van der Waals surface area contributed by atoms with Crippen LogP contribution in [0, 0.1) is 6.92 Å². The van der Waals surface area contributed by atoms with Crippen LogP contribution in [0.4, 0.5) is 0 Å². The molecule has 10 heteroatoms. The zero-order valence-electron chi connectivity index (χ0n) is 19.3. The van der Waals surface area contributed by atoms with E-state index in [2.05, 4.69) is 5.32 Å². The average Bonchev–Trinajstić information content (AvgIpc) is 3.08. The predicted molar refractivity (Wildman–Crippen MR) is 130 cm³/mol. The number of nitrogens with zero attached hydrogens (tertiary/aromatic N) is 1. The normalized spacial score (nSPS) is 12.7. The highest BCUT2D eigenvalue weighted by atomic mass is 35.5. The topological polar surface area (TPSA) is 115 Å². The number of halogens is 1. The SMILES string of the molecule is Cc1cc(Cl)c2cc(C(=O)NC(CO)c3ccc(S(=O)(=O)CC(=O)OC(C)C)cc3)n(C)c2c1. The highest BCUT2D eigenvalue weighted by Gasteiger charge is 2.23. The number of nitrogens with one attached hydrogen (secondary N) is 1. The van der Waals surface area contributed by atoms with E-state index >= 15 is 0 Å². The quantitative estimate of drug-likeness (QED) is 0.453. The Morgan fingerprint density at radius 2 is 1.79 bits per heavy atom. The molecule has 1 amide bonds. The van der Waals surface area contributed by atoms with E-state index in [4.69, 9.17) is 16.3 Å². The van der Waals surface area contributed by atoms with Gasteiger partial charge in [0.25, 0.3) is 5.91 Å². The number of carbonyl (C=O) groups is 2. The van der Waals surface area contributed by atoms with E-state index in [1.165, 1.54) is 24.3 Å². The maximum atomic E-state index is 13.0. The highest BCUT2D eigenvalue weighted by Crippen LogP contribution is 2.28. The molecule has 1 aromatic heterocycles. The molecule has 1 atom stereocenters. The lowest BCUT2D eigenvalue weighted by atomic mass is 10.1. The molecule has 0 bridgehead atoms. The van der Waals surface area contributed by atoms with Gasteiger partial charge in [-0.05, 0) is 62.2 Å². The summed E-state index contributed by atoms with van der Waals surface area (Å²) < 4.78 is 31.6. The first-order valence-electron chi connectivity index (χ1n) is 10.6. The molecule has 0 saturated carbocycles. The lowest BCUT2D eigenvalue weighted by molar-refractivity contribution is -0.144. The van der Waals surface area contributed by atoms with Crippen LogP contribution in [0.3, 0.4) is 0 Å². The largest absolute Gasteiger partial charge is 0.462 e. The fourth-order valence-electron chi connectivity index (χ4n) is 3.65. The minimum atomic E-state index is -3.89. The molecule has 3 aromatic rings. The van der Waals surface area contributed by atoms with Gasteiger partial charge < -0.3 is 19.7 Å². The number of aromatic nitrogens is 1. The molecule has 0 radical (unpaired) electrons. The number of hydrogen-bond acceptors (Lipinski definition) is 6. The van der Waals surface area contributed by atoms with Crippen molar-refractivity contribution in [3.8, 4) is 0 Å². The number of sulfone groups is 1. The molecule has 8 nitrogen and oxygen atoms in total. The van der Waals surface area contributed by atoms with Crippen LogP contribution in [0.25, 0.3) is 10.9 Å². The molecular weight excluding hydrogens is 480 g/mol. The number of aliphatic hydroxyl groups excluding tert-OH is 1. The Morgan fingerprint density at radius 1 is 1.15 bits per heavy atom. The van der Waals surface area contributed by atoms with E-state index < -0.39 is 46.2 Å². The molecule has 1 heterocycles. The number of amides is 1. The van der Waals surface area contributed by atoms with E-state index in [9.17, 15) is 23.1 Å². The Hall–Kier alpha value is -2.88. The molecule has 0 aliphatic heterocycles. The number of carbonyl (C=O) groups excluding carboxylic acids is 2. The first kappa shape index (κ1) is 25.7. The number of rotatable bonds is 8. The summed E-state index contributed by atoms with van der Waals surface area (Å²) in [5, 5.41) is 13.9. The lowest BCUT2D eigenvalue weighted by Gasteiger charge is -2.17. The summed E-state index contributed by atoms with van der Waals surface area (Å²) in [4.78, 5) is 24.7. The van der Waals surface area contributed by atoms with Gasteiger partial charge in [-0.25, -0.2) is 8.42 Å². The first-order valence-corrected chi connectivity index (χ1v) is 12.7. The van der Waals surface area contributed by atoms with Crippen LogP contribution in [-0.4, -0.2) is 48.4 Å². The van der Waals surface area contributed by atoms with Crippen LogP contribution < -0.4 is 5.32 Å². The molecule has 1 unspecified atom stereocenters. The van der Waals surface area contributed by atoms with Gasteiger partial charge in [-0.3, -0.25) is 9.59 Å². The molecule has 182 valence electrons. The van der Waals surface area contributed by atoms with Gasteiger partial charge in [0.05, 0.1) is 34.2 Å². The Morgan fingerprint density at radius 3 is 2.38 bits per heavy atom. The minimum absolute atomic E-state index is 0.0568. The highest BCUT2D eigenvalue weighted by molar-refractivity contribution is 7.92. The maximum absolute atomic E-state index is 13.0. The van der Waals surface area contributed by atoms with E-state index in [0.717, 1.165) is 16.5 Å². The smallest absolute Gasteiger partial charge is 0.321 e. The van der Waals surface area contributed by atoms with Crippen LogP contribution in [0.5, 0.6) is 0 Å². The van der Waals surface area contributed by atoms with Crippen LogP contribution in [-0.2, 0) is 26.4 Å². The first-order chi connectivity index (χ1) is 15.9. The van der Waals surface area contributed by atoms with Crippen LogP contribution >= 0.6 is 11.6 Å². The van der Waals surface area contributed by atoms with Crippen molar-refractivity contribution in [3.63, 3.8) is 0 Å². The van der Waals surface area contributed by atoms with Crippen molar-refractivity contribution in [1.29, 1.82) is 0 Å². The molecular formula is C24H27ClN2O6S. The van der Waals surface area contributed by atoms with Crippen molar-refractivity contribution < 1.29 is 27.9 Å². The van der Waals surface area contributed by atoms with Crippen LogP contribution in [0.1, 0.15) is 41.5 Å². The van der Waals surface area contributed by atoms with Gasteiger partial charge in [0.1, 0.15) is 5.69 Å². The molecule has 0 spiro atoms. The van der Waals surface area contributed by atoms with Gasteiger partial charge in [0.15, 0.2) is 15.6 Å². The van der Waals surface area contributed by atoms with Crippen LogP contribution in [0.15, 0.2) is 47.4 Å². The zero-order valence-corrected chi connectivity index (χ0v) is 20.9. The summed E-state index contributed by atoms with van der Waals surface area (Å²) >= 11 is 6.33. The molecule has 34 heavy (non-hydrogen) atoms. The Bertz CT molecular complexity index is 1330. The van der Waals surface area contributed by atoms with Crippen LogP contribution in [0.2, 0.25) is 5.02 Å². The molecule has 0 aliphatic carbocycles. The summed E-state index contributed by atoms with van der Waals surface area (Å²) in [7, 11) is -2.13. The third kappa shape index (κ3) is 5.60. The third-order valence-electron chi connectivity index (χ3n) is 5.29. The van der Waals surface area contributed by atoms with E-state index in [1.54, 1.807) is 31.5 Å². The lowest BCUT2D eigenvalue weighted by Crippen LogP contribution is -2.32. The second-order valence-corrected chi connectivity index (χ2v) is 10.7. The van der Waals surface area contributed by atoms with Crippen molar-refractivity contribution in [3.05, 3.63) is 64.3 Å². The van der Waals surface area contributed by atoms with Gasteiger partial charge in [-0.1, -0.05) is 23.7 Å². The minimum Gasteiger partial charge on any atom is -0.462 e. The number of aliphatic hydroxyl groups is 1. The maximum Gasteiger partial charge on any atom is 0.321 e. The standard InChI is InChI=1S/C24H27ClN2O6S/c1-14(2)33-23(29)13-34(31,32)17-7-5-16(6-8-17)20(12-28)26-24(30)22-11-18-19(25)9-15(3)10-21(18)27(22)4/h5-11,14,20,28H,12-13H2,1-4H3,(H,26,30).